The topological polar surface area (TPSA) is 97.1 Å². The minimum absolute atomic E-state index is 0.273. The molecule has 0 aliphatic carbocycles. The van der Waals surface area contributed by atoms with E-state index in [0.29, 0.717) is 27.7 Å². The van der Waals surface area contributed by atoms with Crippen molar-refractivity contribution < 1.29 is 27.4 Å². The summed E-state index contributed by atoms with van der Waals surface area (Å²) in [5.74, 6) is -0.376. The van der Waals surface area contributed by atoms with Crippen molar-refractivity contribution in [3.05, 3.63) is 64.7 Å². The number of hydrogen-bond donors (Lipinski definition) is 1. The van der Waals surface area contributed by atoms with Gasteiger partial charge in [-0.05, 0) is 36.8 Å². The number of ether oxygens (including phenoxy) is 2. The molecule has 3 aromatic rings. The van der Waals surface area contributed by atoms with Crippen LogP contribution in [-0.4, -0.2) is 29.2 Å². The third kappa shape index (κ3) is 6.42. The highest BCUT2D eigenvalue weighted by molar-refractivity contribution is 7.14. The Hall–Kier alpha value is -3.65. The van der Waals surface area contributed by atoms with Gasteiger partial charge in [0.25, 0.3) is 0 Å². The number of alkyl halides is 3. The van der Waals surface area contributed by atoms with Gasteiger partial charge in [0.2, 0.25) is 0 Å². The standard InChI is InChI=1S/C21H17F3N4O3S/c1-2-26-20(29)30-17(10-13-6-8-14(12-25)9-7-13)19-28-27-18(32-19)15-4-3-5-16(11-15)31-21(22,23)24/h3-9,11,17H,2,10H2,1H3,(H,26,29). The number of nitrogens with zero attached hydrogens (tertiary/aromatic N) is 3. The van der Waals surface area contributed by atoms with Gasteiger partial charge in [0, 0.05) is 18.5 Å². The average Bonchev–Trinajstić information content (AvgIpc) is 3.23. The minimum atomic E-state index is -4.81. The largest absolute Gasteiger partial charge is 0.573 e. The number of aromatic nitrogens is 2. The van der Waals surface area contributed by atoms with Crippen LogP contribution in [0.5, 0.6) is 5.75 Å². The summed E-state index contributed by atoms with van der Waals surface area (Å²) in [6, 6.07) is 14.2. The quantitative estimate of drug-likeness (QED) is 0.530. The average molecular weight is 462 g/mol. The number of nitrogens with one attached hydrogen (secondary N) is 1. The van der Waals surface area contributed by atoms with E-state index >= 15 is 0 Å². The zero-order valence-electron chi connectivity index (χ0n) is 16.7. The molecular weight excluding hydrogens is 445 g/mol. The van der Waals surface area contributed by atoms with E-state index in [0.717, 1.165) is 16.9 Å². The van der Waals surface area contributed by atoms with E-state index in [1.807, 2.05) is 6.07 Å². The fraction of sp³-hybridized carbons (Fsp3) is 0.238. The molecule has 0 bridgehead atoms. The highest BCUT2D eigenvalue weighted by Crippen LogP contribution is 2.33. The molecule has 32 heavy (non-hydrogen) atoms. The summed E-state index contributed by atoms with van der Waals surface area (Å²) < 4.78 is 47.0. The van der Waals surface area contributed by atoms with Crippen molar-refractivity contribution in [2.24, 2.45) is 0 Å². The van der Waals surface area contributed by atoms with E-state index in [1.165, 1.54) is 18.2 Å². The molecule has 3 rings (SSSR count). The third-order valence-electron chi connectivity index (χ3n) is 4.11. The predicted molar refractivity (Wildman–Crippen MR) is 110 cm³/mol. The zero-order chi connectivity index (χ0) is 23.1. The second kappa shape index (κ2) is 10.1. The number of alkyl carbamates (subject to hydrolysis) is 1. The van der Waals surface area contributed by atoms with Crippen LogP contribution in [0.2, 0.25) is 0 Å². The smallest absolute Gasteiger partial charge is 0.438 e. The van der Waals surface area contributed by atoms with Crippen LogP contribution in [0.25, 0.3) is 10.6 Å². The normalized spacial score (nSPS) is 12.0. The lowest BCUT2D eigenvalue weighted by Gasteiger charge is -2.15. The van der Waals surface area contributed by atoms with Gasteiger partial charge in [-0.1, -0.05) is 35.6 Å². The molecule has 0 aliphatic heterocycles. The molecule has 1 amide bonds. The lowest BCUT2D eigenvalue weighted by Crippen LogP contribution is -2.26. The first-order chi connectivity index (χ1) is 15.3. The number of benzene rings is 2. The fourth-order valence-corrected chi connectivity index (χ4v) is 3.60. The van der Waals surface area contributed by atoms with Gasteiger partial charge >= 0.3 is 12.5 Å². The van der Waals surface area contributed by atoms with Gasteiger partial charge in [-0.2, -0.15) is 5.26 Å². The second-order valence-corrected chi connectivity index (χ2v) is 7.47. The van der Waals surface area contributed by atoms with E-state index in [1.54, 1.807) is 37.3 Å². The van der Waals surface area contributed by atoms with Crippen LogP contribution in [0.4, 0.5) is 18.0 Å². The van der Waals surface area contributed by atoms with Crippen LogP contribution >= 0.6 is 11.3 Å². The van der Waals surface area contributed by atoms with E-state index in [9.17, 15) is 18.0 Å². The second-order valence-electron chi connectivity index (χ2n) is 6.46. The molecule has 1 aromatic heterocycles. The molecule has 2 aromatic carbocycles. The maximum atomic E-state index is 12.5. The third-order valence-corrected chi connectivity index (χ3v) is 5.17. The molecule has 1 unspecified atom stereocenters. The van der Waals surface area contributed by atoms with Gasteiger partial charge in [-0.25, -0.2) is 4.79 Å². The summed E-state index contributed by atoms with van der Waals surface area (Å²) in [7, 11) is 0. The van der Waals surface area contributed by atoms with Gasteiger partial charge < -0.3 is 14.8 Å². The summed E-state index contributed by atoms with van der Waals surface area (Å²) in [5, 5.41) is 20.3. The Balaban J connectivity index is 1.85. The van der Waals surface area contributed by atoms with Crippen LogP contribution < -0.4 is 10.1 Å². The van der Waals surface area contributed by atoms with Crippen LogP contribution in [0.3, 0.4) is 0 Å². The Bertz CT molecular complexity index is 1110. The minimum Gasteiger partial charge on any atom is -0.438 e. The fourth-order valence-electron chi connectivity index (χ4n) is 2.73. The monoisotopic (exact) mass is 462 g/mol. The number of halogens is 3. The first-order valence-corrected chi connectivity index (χ1v) is 10.2. The molecule has 1 heterocycles. The highest BCUT2D eigenvalue weighted by Gasteiger charge is 2.31. The van der Waals surface area contributed by atoms with E-state index < -0.39 is 18.6 Å². The molecule has 166 valence electrons. The number of amides is 1. The highest BCUT2D eigenvalue weighted by atomic mass is 32.1. The van der Waals surface area contributed by atoms with Gasteiger partial charge in [0.15, 0.2) is 11.1 Å². The van der Waals surface area contributed by atoms with Gasteiger partial charge in [0.05, 0.1) is 11.6 Å². The van der Waals surface area contributed by atoms with Gasteiger partial charge in [0.1, 0.15) is 10.8 Å². The zero-order valence-corrected chi connectivity index (χ0v) is 17.5. The lowest BCUT2D eigenvalue weighted by atomic mass is 10.1. The summed E-state index contributed by atoms with van der Waals surface area (Å²) in [6.45, 7) is 2.12. The number of rotatable bonds is 7. The summed E-state index contributed by atoms with van der Waals surface area (Å²) >= 11 is 1.09. The van der Waals surface area contributed by atoms with Crippen molar-refractivity contribution in [1.82, 2.24) is 15.5 Å². The van der Waals surface area contributed by atoms with Crippen molar-refractivity contribution in [2.75, 3.05) is 6.54 Å². The summed E-state index contributed by atoms with van der Waals surface area (Å²) in [6.07, 6.45) is -5.95. The molecule has 1 N–H and O–H groups in total. The summed E-state index contributed by atoms with van der Waals surface area (Å²) in [4.78, 5) is 12.0. The number of hydrogen-bond acceptors (Lipinski definition) is 7. The molecular formula is C21H17F3N4O3S. The molecule has 7 nitrogen and oxygen atoms in total. The molecule has 0 saturated heterocycles. The molecule has 0 spiro atoms. The SMILES string of the molecule is CCNC(=O)OC(Cc1ccc(C#N)cc1)c1nnc(-c2cccc(OC(F)(F)F)c2)s1. The number of carbonyl (C=O) groups excluding carboxylic acids is 1. The Morgan fingerprint density at radius 2 is 1.97 bits per heavy atom. The first kappa shape index (κ1) is 23.0. The Labute approximate surface area is 185 Å². The maximum absolute atomic E-state index is 12.5. The van der Waals surface area contributed by atoms with E-state index in [-0.39, 0.29) is 12.2 Å². The molecule has 0 fully saturated rings. The maximum Gasteiger partial charge on any atom is 0.573 e. The molecule has 1 atom stereocenters. The van der Waals surface area contributed by atoms with Gasteiger partial charge in [-0.3, -0.25) is 0 Å². The molecule has 0 saturated carbocycles. The first-order valence-electron chi connectivity index (χ1n) is 9.40. The molecule has 0 radical (unpaired) electrons. The van der Waals surface area contributed by atoms with Crippen molar-refractivity contribution in [3.8, 4) is 22.4 Å². The Morgan fingerprint density at radius 1 is 1.22 bits per heavy atom. The van der Waals surface area contributed by atoms with Crippen LogP contribution in [0, 0.1) is 11.3 Å². The van der Waals surface area contributed by atoms with Crippen LogP contribution in [0.15, 0.2) is 48.5 Å². The van der Waals surface area contributed by atoms with E-state index in [2.05, 4.69) is 20.3 Å². The number of carbonyl (C=O) groups is 1. The number of nitriles is 1. The van der Waals surface area contributed by atoms with Crippen molar-refractivity contribution in [3.63, 3.8) is 0 Å². The Morgan fingerprint density at radius 3 is 2.62 bits per heavy atom. The van der Waals surface area contributed by atoms with Crippen molar-refractivity contribution in [2.45, 2.75) is 25.8 Å². The summed E-state index contributed by atoms with van der Waals surface area (Å²) in [5.41, 5.74) is 1.68. The van der Waals surface area contributed by atoms with Gasteiger partial charge in [-0.15, -0.1) is 23.4 Å². The van der Waals surface area contributed by atoms with Crippen LogP contribution in [0.1, 0.15) is 29.2 Å². The lowest BCUT2D eigenvalue weighted by molar-refractivity contribution is -0.274. The molecule has 11 heteroatoms. The molecule has 0 aliphatic rings. The predicted octanol–water partition coefficient (Wildman–Crippen LogP) is 5.01. The van der Waals surface area contributed by atoms with Crippen molar-refractivity contribution >= 4 is 17.4 Å². The van der Waals surface area contributed by atoms with E-state index in [4.69, 9.17) is 10.00 Å². The Kier molecular flexibility index (Phi) is 7.27. The van der Waals surface area contributed by atoms with Crippen molar-refractivity contribution in [1.29, 1.82) is 5.26 Å². The van der Waals surface area contributed by atoms with Crippen LogP contribution in [-0.2, 0) is 11.2 Å².